The van der Waals surface area contributed by atoms with Crippen LogP contribution in [0.3, 0.4) is 0 Å². The SMILES string of the molecule is C[O][Hf+]([C]1=CC=CC1)[C]1=CC=CC1.[Cl-]. The van der Waals surface area contributed by atoms with Crippen molar-refractivity contribution in [2.75, 3.05) is 7.11 Å². The normalized spacial score (nSPS) is 17.8. The zero-order chi connectivity index (χ0) is 9.10. The molecule has 3 heteroatoms. The summed E-state index contributed by atoms with van der Waals surface area (Å²) in [5.41, 5.74) is 0. The maximum Gasteiger partial charge on any atom is -1.00 e. The minimum Gasteiger partial charge on any atom is -1.00 e. The molecule has 0 fully saturated rings. The van der Waals surface area contributed by atoms with Gasteiger partial charge in [-0.1, -0.05) is 0 Å². The average Bonchev–Trinajstić information content (AvgIpc) is 2.76. The molecule has 0 atom stereocenters. The monoisotopic (exact) mass is 376 g/mol. The molecule has 0 amide bonds. The van der Waals surface area contributed by atoms with E-state index in [1.165, 1.54) is 0 Å². The zero-order valence-corrected chi connectivity index (χ0v) is 12.5. The van der Waals surface area contributed by atoms with Crippen molar-refractivity contribution in [1.29, 1.82) is 0 Å². The summed E-state index contributed by atoms with van der Waals surface area (Å²) < 4.78 is 8.89. The summed E-state index contributed by atoms with van der Waals surface area (Å²) in [6.07, 6.45) is 15.5. The first-order valence-electron chi connectivity index (χ1n) is 4.55. The van der Waals surface area contributed by atoms with Gasteiger partial charge in [0.2, 0.25) is 0 Å². The molecule has 0 N–H and O–H groups in total. The van der Waals surface area contributed by atoms with E-state index in [4.69, 9.17) is 2.85 Å². The third kappa shape index (κ3) is 2.56. The molecule has 14 heavy (non-hydrogen) atoms. The van der Waals surface area contributed by atoms with E-state index in [1.54, 1.807) is 6.66 Å². The van der Waals surface area contributed by atoms with Crippen LogP contribution in [0.2, 0.25) is 0 Å². The van der Waals surface area contributed by atoms with Crippen molar-refractivity contribution < 1.29 is 37.1 Å². The number of rotatable bonds is 3. The van der Waals surface area contributed by atoms with Crippen LogP contribution in [0.4, 0.5) is 0 Å². The summed E-state index contributed by atoms with van der Waals surface area (Å²) in [5, 5.41) is 0. The van der Waals surface area contributed by atoms with Crippen molar-refractivity contribution in [3.05, 3.63) is 43.1 Å². The Balaban J connectivity index is 0.000000980. The van der Waals surface area contributed by atoms with Crippen molar-refractivity contribution in [2.45, 2.75) is 12.8 Å². The fourth-order valence-corrected chi connectivity index (χ4v) is 9.02. The molecule has 0 saturated carbocycles. The molecule has 0 aromatic heterocycles. The van der Waals surface area contributed by atoms with Crippen molar-refractivity contribution in [3.8, 4) is 0 Å². The van der Waals surface area contributed by atoms with Gasteiger partial charge in [-0.3, -0.25) is 0 Å². The quantitative estimate of drug-likeness (QED) is 0.624. The van der Waals surface area contributed by atoms with Gasteiger partial charge in [0, 0.05) is 0 Å². The van der Waals surface area contributed by atoms with Crippen LogP contribution in [0, 0.1) is 0 Å². The van der Waals surface area contributed by atoms with Crippen molar-refractivity contribution in [3.63, 3.8) is 0 Å². The molecule has 2 aliphatic carbocycles. The Morgan fingerprint density at radius 3 is 1.86 bits per heavy atom. The van der Waals surface area contributed by atoms with Gasteiger partial charge < -0.3 is 12.4 Å². The molecular weight excluding hydrogens is 362 g/mol. The van der Waals surface area contributed by atoms with E-state index in [0.29, 0.717) is 0 Å². The molecule has 0 radical (unpaired) electrons. The Bertz CT molecular complexity index is 285. The van der Waals surface area contributed by atoms with Crippen LogP contribution >= 0.6 is 0 Å². The molecule has 74 valence electrons. The van der Waals surface area contributed by atoms with Gasteiger partial charge in [0.05, 0.1) is 0 Å². The largest absolute Gasteiger partial charge is 1.00 e. The number of halogens is 1. The third-order valence-corrected chi connectivity index (χ3v) is 10.7. The number of allylic oxidation sites excluding steroid dienone is 8. The molecular formula is C11H13ClHfO. The van der Waals surface area contributed by atoms with Crippen LogP contribution in [0.25, 0.3) is 0 Å². The van der Waals surface area contributed by atoms with E-state index in [-0.39, 0.29) is 12.4 Å². The summed E-state index contributed by atoms with van der Waals surface area (Å²) in [5.74, 6) is 0. The van der Waals surface area contributed by atoms with Crippen LogP contribution < -0.4 is 12.4 Å². The molecule has 1 nitrogen and oxygen atoms in total. The van der Waals surface area contributed by atoms with E-state index >= 15 is 0 Å². The first kappa shape index (κ1) is 12.2. The van der Waals surface area contributed by atoms with Crippen molar-refractivity contribution >= 4 is 0 Å². The standard InChI is InChI=1S/2C5H5.CH3O.ClH.Hf/c2*1-2-4-5-3-1;1-2;;/h2*1-3H,4H2;1H3;1H;/q;;-1;;+2/p-1. The van der Waals surface area contributed by atoms with E-state index in [1.807, 2.05) is 7.11 Å². The molecule has 0 spiro atoms. The molecule has 0 aliphatic heterocycles. The van der Waals surface area contributed by atoms with Gasteiger partial charge in [0.25, 0.3) is 0 Å². The number of hydrogen-bond acceptors (Lipinski definition) is 1. The maximum atomic E-state index is 5.71. The molecule has 2 rings (SSSR count). The number of hydrogen-bond donors (Lipinski definition) is 0. The predicted molar refractivity (Wildman–Crippen MR) is 50.7 cm³/mol. The molecule has 0 saturated heterocycles. The first-order valence-corrected chi connectivity index (χ1v) is 9.61. The Morgan fingerprint density at radius 2 is 1.57 bits per heavy atom. The first-order chi connectivity index (χ1) is 6.42. The summed E-state index contributed by atoms with van der Waals surface area (Å²) in [6, 6.07) is 0. The topological polar surface area (TPSA) is 9.23 Å². The molecule has 0 bridgehead atoms. The maximum absolute atomic E-state index is 5.71. The van der Waals surface area contributed by atoms with Crippen molar-refractivity contribution in [2.24, 2.45) is 0 Å². The van der Waals surface area contributed by atoms with E-state index in [0.717, 1.165) is 12.8 Å². The third-order valence-electron chi connectivity index (χ3n) is 2.33. The average molecular weight is 375 g/mol. The fraction of sp³-hybridized carbons (Fsp3) is 0.273. The van der Waals surface area contributed by atoms with Gasteiger partial charge in [0.1, 0.15) is 0 Å². The van der Waals surface area contributed by atoms with Crippen LogP contribution in [0.1, 0.15) is 12.8 Å². The molecule has 0 heterocycles. The Hall–Kier alpha value is 0.0801. The van der Waals surface area contributed by atoms with Crippen LogP contribution in [-0.4, -0.2) is 7.11 Å². The smallest absolute Gasteiger partial charge is 1.00 e. The Kier molecular flexibility index (Phi) is 5.07. The zero-order valence-electron chi connectivity index (χ0n) is 8.16. The van der Waals surface area contributed by atoms with Gasteiger partial charge >= 0.3 is 87.8 Å². The van der Waals surface area contributed by atoms with Gasteiger partial charge in [0.15, 0.2) is 0 Å². The Labute approximate surface area is 99.8 Å². The minimum absolute atomic E-state index is 0. The van der Waals surface area contributed by atoms with E-state index < -0.39 is 21.9 Å². The molecule has 0 aromatic rings. The molecule has 0 unspecified atom stereocenters. The van der Waals surface area contributed by atoms with Crippen LogP contribution in [0.15, 0.2) is 43.1 Å². The van der Waals surface area contributed by atoms with Gasteiger partial charge in [-0.2, -0.15) is 0 Å². The van der Waals surface area contributed by atoms with Crippen LogP contribution in [-0.2, 0) is 24.7 Å². The second-order valence-electron chi connectivity index (χ2n) is 3.18. The van der Waals surface area contributed by atoms with E-state index in [9.17, 15) is 0 Å². The molecule has 2 aliphatic rings. The van der Waals surface area contributed by atoms with Gasteiger partial charge in [-0.25, -0.2) is 0 Å². The van der Waals surface area contributed by atoms with Gasteiger partial charge in [-0.15, -0.1) is 0 Å². The second-order valence-corrected chi connectivity index (χ2v) is 11.6. The van der Waals surface area contributed by atoms with Gasteiger partial charge in [-0.05, 0) is 0 Å². The molecule has 0 aromatic carbocycles. The summed E-state index contributed by atoms with van der Waals surface area (Å²) >= 11 is -1.98. The second kappa shape index (κ2) is 5.84. The summed E-state index contributed by atoms with van der Waals surface area (Å²) in [4.78, 5) is 0. The predicted octanol–water partition coefficient (Wildman–Crippen LogP) is -0.142. The minimum atomic E-state index is -1.98. The van der Waals surface area contributed by atoms with E-state index in [2.05, 4.69) is 36.5 Å². The summed E-state index contributed by atoms with van der Waals surface area (Å²) in [6.45, 7) is 0. The van der Waals surface area contributed by atoms with Crippen molar-refractivity contribution in [1.82, 2.24) is 0 Å². The van der Waals surface area contributed by atoms with Crippen LogP contribution in [0.5, 0.6) is 0 Å². The Morgan fingerprint density at radius 1 is 1.07 bits per heavy atom. The fourth-order valence-electron chi connectivity index (χ4n) is 1.70. The summed E-state index contributed by atoms with van der Waals surface area (Å²) in [7, 11) is 1.88.